The van der Waals surface area contributed by atoms with E-state index in [0.29, 0.717) is 5.41 Å². The average Bonchev–Trinajstić information content (AvgIpc) is 2.97. The molecule has 1 nitrogen and oxygen atoms in total. The van der Waals surface area contributed by atoms with E-state index in [4.69, 9.17) is 5.73 Å². The molecule has 2 saturated carbocycles. The van der Waals surface area contributed by atoms with E-state index in [9.17, 15) is 0 Å². The Hall–Kier alpha value is 0.310. The van der Waals surface area contributed by atoms with E-state index in [2.05, 4.69) is 18.7 Å². The molecule has 0 bridgehead atoms. The Morgan fingerprint density at radius 1 is 1.33 bits per heavy atom. The summed E-state index contributed by atoms with van der Waals surface area (Å²) in [6.45, 7) is 3.31. The number of thioether (sulfide) groups is 1. The number of nitrogens with two attached hydrogens (primary N) is 1. The predicted octanol–water partition coefficient (Wildman–Crippen LogP) is 3.43. The third-order valence-corrected chi connectivity index (χ3v) is 5.82. The first-order chi connectivity index (χ1) is 7.24. The molecule has 2 heteroatoms. The van der Waals surface area contributed by atoms with Crippen LogP contribution in [0.25, 0.3) is 0 Å². The molecule has 0 saturated heterocycles. The van der Waals surface area contributed by atoms with Crippen LogP contribution in [0.5, 0.6) is 0 Å². The van der Waals surface area contributed by atoms with Gasteiger partial charge in [-0.2, -0.15) is 11.8 Å². The number of hydrogen-bond acceptors (Lipinski definition) is 2. The predicted molar refractivity (Wildman–Crippen MR) is 69.2 cm³/mol. The van der Waals surface area contributed by atoms with E-state index >= 15 is 0 Å². The SMILES string of the molecule is CC1CCCC(SCC2(CCN)CC2)C1. The van der Waals surface area contributed by atoms with Gasteiger partial charge in [0.1, 0.15) is 0 Å². The van der Waals surface area contributed by atoms with Crippen LogP contribution in [-0.2, 0) is 0 Å². The van der Waals surface area contributed by atoms with Gasteiger partial charge in [-0.3, -0.25) is 0 Å². The van der Waals surface area contributed by atoms with Crippen LogP contribution in [0.1, 0.15) is 51.9 Å². The van der Waals surface area contributed by atoms with Crippen molar-refractivity contribution >= 4 is 11.8 Å². The van der Waals surface area contributed by atoms with E-state index in [-0.39, 0.29) is 0 Å². The largest absolute Gasteiger partial charge is 0.330 e. The third-order valence-electron chi connectivity index (χ3n) is 4.15. The first-order valence-electron chi connectivity index (χ1n) is 6.56. The topological polar surface area (TPSA) is 26.0 Å². The second-order valence-corrected chi connectivity index (χ2v) is 7.03. The lowest BCUT2D eigenvalue weighted by atomic mass is 9.91. The molecule has 88 valence electrons. The zero-order chi connectivity index (χ0) is 10.7. The highest BCUT2D eigenvalue weighted by Gasteiger charge is 2.41. The van der Waals surface area contributed by atoms with Gasteiger partial charge in [-0.15, -0.1) is 0 Å². The molecule has 0 spiro atoms. The molecule has 0 aromatic carbocycles. The molecule has 0 aromatic heterocycles. The van der Waals surface area contributed by atoms with Crippen molar-refractivity contribution in [3.63, 3.8) is 0 Å². The highest BCUT2D eigenvalue weighted by molar-refractivity contribution is 7.99. The summed E-state index contributed by atoms with van der Waals surface area (Å²) in [5, 5.41) is 0.962. The Kier molecular flexibility index (Phi) is 4.00. The Labute approximate surface area is 98.6 Å². The molecule has 15 heavy (non-hydrogen) atoms. The minimum atomic E-state index is 0.681. The lowest BCUT2D eigenvalue weighted by molar-refractivity contribution is 0.393. The molecule has 2 unspecified atom stereocenters. The maximum absolute atomic E-state index is 5.68. The van der Waals surface area contributed by atoms with Gasteiger partial charge in [0.2, 0.25) is 0 Å². The van der Waals surface area contributed by atoms with Crippen molar-refractivity contribution in [2.45, 2.75) is 57.1 Å². The quantitative estimate of drug-likeness (QED) is 0.779. The van der Waals surface area contributed by atoms with Gasteiger partial charge in [-0.25, -0.2) is 0 Å². The van der Waals surface area contributed by atoms with Gasteiger partial charge in [0.05, 0.1) is 0 Å². The van der Waals surface area contributed by atoms with Crippen molar-refractivity contribution in [2.75, 3.05) is 12.3 Å². The van der Waals surface area contributed by atoms with Gasteiger partial charge in [0.15, 0.2) is 0 Å². The second-order valence-electron chi connectivity index (χ2n) is 5.74. The van der Waals surface area contributed by atoms with E-state index in [1.807, 2.05) is 0 Å². The zero-order valence-corrected chi connectivity index (χ0v) is 10.8. The summed E-state index contributed by atoms with van der Waals surface area (Å²) in [4.78, 5) is 0. The maximum Gasteiger partial charge on any atom is 0.00497 e. The molecule has 0 radical (unpaired) electrons. The summed E-state index contributed by atoms with van der Waals surface area (Å²) < 4.78 is 0. The van der Waals surface area contributed by atoms with Crippen LogP contribution in [0.4, 0.5) is 0 Å². The fourth-order valence-electron chi connectivity index (χ4n) is 2.77. The number of hydrogen-bond donors (Lipinski definition) is 1. The van der Waals surface area contributed by atoms with Crippen LogP contribution in [-0.4, -0.2) is 17.5 Å². The molecular formula is C13H25NS. The monoisotopic (exact) mass is 227 g/mol. The van der Waals surface area contributed by atoms with E-state index < -0.39 is 0 Å². The van der Waals surface area contributed by atoms with Gasteiger partial charge < -0.3 is 5.73 Å². The lowest BCUT2D eigenvalue weighted by Gasteiger charge is -2.27. The van der Waals surface area contributed by atoms with Gasteiger partial charge >= 0.3 is 0 Å². The fourth-order valence-corrected chi connectivity index (χ4v) is 4.59. The minimum Gasteiger partial charge on any atom is -0.330 e. The van der Waals surface area contributed by atoms with Crippen LogP contribution in [0.2, 0.25) is 0 Å². The van der Waals surface area contributed by atoms with Crippen LogP contribution >= 0.6 is 11.8 Å². The van der Waals surface area contributed by atoms with Gasteiger partial charge in [0.25, 0.3) is 0 Å². The van der Waals surface area contributed by atoms with Crippen LogP contribution < -0.4 is 5.73 Å². The van der Waals surface area contributed by atoms with Crippen LogP contribution in [0.15, 0.2) is 0 Å². The molecule has 0 aromatic rings. The van der Waals surface area contributed by atoms with Gasteiger partial charge in [-0.1, -0.05) is 19.8 Å². The first-order valence-corrected chi connectivity index (χ1v) is 7.61. The van der Waals surface area contributed by atoms with Crippen molar-refractivity contribution in [1.29, 1.82) is 0 Å². The fraction of sp³-hybridized carbons (Fsp3) is 1.00. The Morgan fingerprint density at radius 3 is 2.73 bits per heavy atom. The molecular weight excluding hydrogens is 202 g/mol. The number of rotatable bonds is 5. The molecule has 2 rings (SSSR count). The highest BCUT2D eigenvalue weighted by Crippen LogP contribution is 2.52. The van der Waals surface area contributed by atoms with Gasteiger partial charge in [0, 0.05) is 5.25 Å². The van der Waals surface area contributed by atoms with Crippen molar-refractivity contribution < 1.29 is 0 Å². The standard InChI is InChI=1S/C13H25NS/c1-11-3-2-4-12(9-11)15-10-13(5-6-13)7-8-14/h11-12H,2-10,14H2,1H3. The Bertz CT molecular complexity index is 201. The normalized spacial score (nSPS) is 34.0. The van der Waals surface area contributed by atoms with Crippen LogP contribution in [0, 0.1) is 11.3 Å². The zero-order valence-electron chi connectivity index (χ0n) is 10.0. The lowest BCUT2D eigenvalue weighted by Crippen LogP contribution is -2.18. The molecule has 2 N–H and O–H groups in total. The van der Waals surface area contributed by atoms with Crippen molar-refractivity contribution in [1.82, 2.24) is 0 Å². The first kappa shape index (κ1) is 11.8. The Balaban J connectivity index is 1.68. The highest BCUT2D eigenvalue weighted by atomic mass is 32.2. The molecule has 0 amide bonds. The third kappa shape index (κ3) is 3.39. The summed E-state index contributed by atoms with van der Waals surface area (Å²) in [5.41, 5.74) is 6.36. The van der Waals surface area contributed by atoms with E-state index in [0.717, 1.165) is 17.7 Å². The summed E-state index contributed by atoms with van der Waals surface area (Å²) in [5.74, 6) is 2.36. The molecule has 2 aliphatic carbocycles. The van der Waals surface area contributed by atoms with Crippen molar-refractivity contribution in [3.8, 4) is 0 Å². The van der Waals surface area contributed by atoms with E-state index in [1.165, 1.54) is 50.7 Å². The molecule has 2 atom stereocenters. The summed E-state index contributed by atoms with van der Waals surface area (Å²) in [6, 6.07) is 0. The smallest absolute Gasteiger partial charge is 0.00497 e. The molecule has 2 aliphatic rings. The van der Waals surface area contributed by atoms with Crippen LogP contribution in [0.3, 0.4) is 0 Å². The Morgan fingerprint density at radius 2 is 2.13 bits per heavy atom. The van der Waals surface area contributed by atoms with Crippen molar-refractivity contribution in [2.24, 2.45) is 17.1 Å². The summed E-state index contributed by atoms with van der Waals surface area (Å²) in [6.07, 6.45) is 10.0. The summed E-state index contributed by atoms with van der Waals surface area (Å²) in [7, 11) is 0. The molecule has 2 fully saturated rings. The summed E-state index contributed by atoms with van der Waals surface area (Å²) >= 11 is 2.25. The maximum atomic E-state index is 5.68. The van der Waals surface area contributed by atoms with Crippen molar-refractivity contribution in [3.05, 3.63) is 0 Å². The second kappa shape index (κ2) is 5.09. The van der Waals surface area contributed by atoms with Gasteiger partial charge in [-0.05, 0) is 55.7 Å². The molecule has 0 aliphatic heterocycles. The average molecular weight is 227 g/mol. The minimum absolute atomic E-state index is 0.681. The molecule has 0 heterocycles. The van der Waals surface area contributed by atoms with E-state index in [1.54, 1.807) is 0 Å².